The highest BCUT2D eigenvalue weighted by molar-refractivity contribution is 7.89. The quantitative estimate of drug-likeness (QED) is 0.261. The average Bonchev–Trinajstić information content (AvgIpc) is 3.09. The highest BCUT2D eigenvalue weighted by Crippen LogP contribution is 2.39. The van der Waals surface area contributed by atoms with E-state index in [-0.39, 0.29) is 48.7 Å². The SMILES string of the molecule is COc1ccc(S(=O)(=O)N(CCC(=O)N2CCC(CNC(=O)OC(C)(C)C)CC2)CC2(C(=O)NOCc3ccccc3)CCCCC2)cc1. The maximum atomic E-state index is 14.2. The molecule has 12 nitrogen and oxygen atoms in total. The summed E-state index contributed by atoms with van der Waals surface area (Å²) in [7, 11) is -2.58. The van der Waals surface area contributed by atoms with Gasteiger partial charge in [0.2, 0.25) is 15.9 Å². The third kappa shape index (κ3) is 11.2. The van der Waals surface area contributed by atoms with Crippen LogP contribution in [0.1, 0.15) is 77.7 Å². The van der Waals surface area contributed by atoms with Crippen LogP contribution >= 0.6 is 0 Å². The van der Waals surface area contributed by atoms with Crippen LogP contribution in [0.5, 0.6) is 5.75 Å². The van der Waals surface area contributed by atoms with Crippen molar-refractivity contribution in [2.75, 3.05) is 39.8 Å². The molecule has 2 aromatic carbocycles. The normalized spacial score (nSPS) is 17.0. The number of benzene rings is 2. The van der Waals surface area contributed by atoms with Crippen LogP contribution in [0.15, 0.2) is 59.5 Å². The molecule has 1 aliphatic carbocycles. The largest absolute Gasteiger partial charge is 0.497 e. The van der Waals surface area contributed by atoms with E-state index >= 15 is 0 Å². The molecule has 270 valence electrons. The van der Waals surface area contributed by atoms with Crippen LogP contribution in [-0.2, 0) is 35.8 Å². The van der Waals surface area contributed by atoms with E-state index in [1.54, 1.807) is 17.0 Å². The second kappa shape index (κ2) is 17.3. The minimum atomic E-state index is -4.09. The molecule has 1 saturated heterocycles. The first-order chi connectivity index (χ1) is 23.3. The third-order valence-electron chi connectivity index (χ3n) is 9.19. The van der Waals surface area contributed by atoms with Crippen LogP contribution in [0.4, 0.5) is 4.79 Å². The van der Waals surface area contributed by atoms with Gasteiger partial charge < -0.3 is 19.7 Å². The van der Waals surface area contributed by atoms with E-state index in [9.17, 15) is 22.8 Å². The summed E-state index contributed by atoms with van der Waals surface area (Å²) in [6.07, 6.45) is 4.44. The number of piperidine rings is 1. The lowest BCUT2D eigenvalue weighted by molar-refractivity contribution is -0.148. The van der Waals surface area contributed by atoms with Crippen LogP contribution in [0, 0.1) is 11.3 Å². The van der Waals surface area contributed by atoms with Gasteiger partial charge >= 0.3 is 6.09 Å². The molecule has 3 amide bonds. The average molecular weight is 701 g/mol. The summed E-state index contributed by atoms with van der Waals surface area (Å²) in [4.78, 5) is 46.7. The Balaban J connectivity index is 1.44. The van der Waals surface area contributed by atoms with Gasteiger partial charge in [0.05, 0.1) is 24.0 Å². The lowest BCUT2D eigenvalue weighted by Gasteiger charge is -2.39. The predicted molar refractivity (Wildman–Crippen MR) is 185 cm³/mol. The minimum absolute atomic E-state index is 0.0293. The minimum Gasteiger partial charge on any atom is -0.497 e. The number of hydrogen-bond donors (Lipinski definition) is 2. The fourth-order valence-electron chi connectivity index (χ4n) is 6.38. The Morgan fingerprint density at radius 3 is 2.22 bits per heavy atom. The van der Waals surface area contributed by atoms with Gasteiger partial charge in [0, 0.05) is 39.1 Å². The van der Waals surface area contributed by atoms with E-state index in [0.29, 0.717) is 51.1 Å². The molecule has 0 radical (unpaired) electrons. The molecule has 1 aliphatic heterocycles. The number of methoxy groups -OCH3 is 1. The Kier molecular flexibility index (Phi) is 13.5. The number of amides is 3. The molecule has 0 aromatic heterocycles. The monoisotopic (exact) mass is 700 g/mol. The molecule has 1 saturated carbocycles. The number of carbonyl (C=O) groups is 3. The summed E-state index contributed by atoms with van der Waals surface area (Å²) in [6, 6.07) is 15.6. The molecule has 49 heavy (non-hydrogen) atoms. The van der Waals surface area contributed by atoms with Crippen LogP contribution in [0.2, 0.25) is 0 Å². The van der Waals surface area contributed by atoms with Gasteiger partial charge in [-0.05, 0) is 82.2 Å². The summed E-state index contributed by atoms with van der Waals surface area (Å²) in [6.45, 7) is 6.94. The zero-order valence-corrected chi connectivity index (χ0v) is 30.1. The number of nitrogens with zero attached hydrogens (tertiary/aromatic N) is 2. The van der Waals surface area contributed by atoms with E-state index in [2.05, 4.69) is 10.8 Å². The predicted octanol–water partition coefficient (Wildman–Crippen LogP) is 5.04. The van der Waals surface area contributed by atoms with E-state index in [4.69, 9.17) is 14.3 Å². The number of hydrogen-bond acceptors (Lipinski definition) is 8. The van der Waals surface area contributed by atoms with Gasteiger partial charge in [-0.15, -0.1) is 0 Å². The van der Waals surface area contributed by atoms with Crippen molar-refractivity contribution in [3.8, 4) is 5.75 Å². The third-order valence-corrected chi connectivity index (χ3v) is 11.1. The number of hydroxylamine groups is 1. The fourth-order valence-corrected chi connectivity index (χ4v) is 7.91. The van der Waals surface area contributed by atoms with E-state index in [1.165, 1.54) is 23.5 Å². The van der Waals surface area contributed by atoms with Gasteiger partial charge in [-0.25, -0.2) is 18.7 Å². The van der Waals surface area contributed by atoms with E-state index < -0.39 is 27.1 Å². The van der Waals surface area contributed by atoms with Gasteiger partial charge in [0.25, 0.3) is 5.91 Å². The second-order valence-electron chi connectivity index (χ2n) is 14.0. The van der Waals surface area contributed by atoms with Crippen LogP contribution in [-0.4, -0.2) is 81.0 Å². The Bertz CT molecular complexity index is 1480. The summed E-state index contributed by atoms with van der Waals surface area (Å²) >= 11 is 0. The first-order valence-corrected chi connectivity index (χ1v) is 18.6. The number of sulfonamides is 1. The standard InChI is InChI=1S/C36H52N4O8S/c1-35(2,3)48-34(43)37-25-28-17-22-39(23-18-28)32(41)19-24-40(49(44,45)31-15-13-30(46-4)14-16-31)27-36(20-9-6-10-21-36)33(42)38-47-26-29-11-7-5-8-12-29/h5,7-8,11-16,28H,6,9-10,17-27H2,1-4H3,(H,37,43)(H,38,42). The molecule has 2 fully saturated rings. The van der Waals surface area contributed by atoms with Crippen LogP contribution < -0.4 is 15.5 Å². The first kappa shape index (κ1) is 38.1. The lowest BCUT2D eigenvalue weighted by Crippen LogP contribution is -2.51. The molecule has 0 bridgehead atoms. The van der Waals surface area contributed by atoms with Crippen molar-refractivity contribution in [2.45, 2.75) is 89.2 Å². The fraction of sp³-hybridized carbons (Fsp3) is 0.583. The Morgan fingerprint density at radius 2 is 1.61 bits per heavy atom. The maximum absolute atomic E-state index is 14.2. The van der Waals surface area contributed by atoms with Gasteiger partial charge in [-0.3, -0.25) is 14.4 Å². The van der Waals surface area contributed by atoms with Crippen molar-refractivity contribution in [1.29, 1.82) is 0 Å². The number of nitrogens with one attached hydrogen (secondary N) is 2. The number of carbonyl (C=O) groups excluding carboxylic acids is 3. The van der Waals surface area contributed by atoms with E-state index in [1.807, 2.05) is 51.1 Å². The molecule has 2 aliphatic rings. The van der Waals surface area contributed by atoms with Crippen molar-refractivity contribution in [3.63, 3.8) is 0 Å². The molecule has 0 unspecified atom stereocenters. The van der Waals surface area contributed by atoms with Gasteiger partial charge in [0.1, 0.15) is 11.4 Å². The van der Waals surface area contributed by atoms with Gasteiger partial charge in [-0.1, -0.05) is 49.6 Å². The molecule has 0 atom stereocenters. The molecule has 1 heterocycles. The Hall–Kier alpha value is -3.68. The smallest absolute Gasteiger partial charge is 0.407 e. The number of likely N-dealkylation sites (tertiary alicyclic amines) is 1. The van der Waals surface area contributed by atoms with Crippen molar-refractivity contribution in [1.82, 2.24) is 20.0 Å². The molecule has 4 rings (SSSR count). The van der Waals surface area contributed by atoms with E-state index in [0.717, 1.165) is 24.8 Å². The number of alkyl carbamates (subject to hydrolysis) is 1. The van der Waals surface area contributed by atoms with Crippen molar-refractivity contribution in [3.05, 3.63) is 60.2 Å². The highest BCUT2D eigenvalue weighted by Gasteiger charge is 2.44. The summed E-state index contributed by atoms with van der Waals surface area (Å²) in [5, 5.41) is 2.82. The molecular weight excluding hydrogens is 648 g/mol. The van der Waals surface area contributed by atoms with Crippen molar-refractivity contribution < 1.29 is 37.1 Å². The first-order valence-electron chi connectivity index (χ1n) is 17.2. The zero-order chi connectivity index (χ0) is 35.5. The van der Waals surface area contributed by atoms with Gasteiger partial charge in [0.15, 0.2) is 0 Å². The lowest BCUT2D eigenvalue weighted by atomic mass is 9.73. The molecule has 0 spiro atoms. The molecule has 13 heteroatoms. The zero-order valence-electron chi connectivity index (χ0n) is 29.2. The Labute approximate surface area is 290 Å². The topological polar surface area (TPSA) is 144 Å². The van der Waals surface area contributed by atoms with Gasteiger partial charge in [-0.2, -0.15) is 4.31 Å². The molecule has 2 N–H and O–H groups in total. The van der Waals surface area contributed by atoms with Crippen molar-refractivity contribution in [2.24, 2.45) is 11.3 Å². The number of ether oxygens (including phenoxy) is 2. The molecular formula is C36H52N4O8S. The Morgan fingerprint density at radius 1 is 0.959 bits per heavy atom. The molecule has 2 aromatic rings. The second-order valence-corrected chi connectivity index (χ2v) is 16.0. The summed E-state index contributed by atoms with van der Waals surface area (Å²) < 4.78 is 40.2. The summed E-state index contributed by atoms with van der Waals surface area (Å²) in [5.74, 6) is 0.217. The number of rotatable bonds is 14. The maximum Gasteiger partial charge on any atom is 0.407 e. The highest BCUT2D eigenvalue weighted by atomic mass is 32.2. The van der Waals surface area contributed by atoms with Crippen LogP contribution in [0.25, 0.3) is 0 Å². The van der Waals surface area contributed by atoms with Crippen molar-refractivity contribution >= 4 is 27.9 Å². The van der Waals surface area contributed by atoms with Crippen LogP contribution in [0.3, 0.4) is 0 Å². The summed E-state index contributed by atoms with van der Waals surface area (Å²) in [5.41, 5.74) is 1.92.